The number of hydrogen-bond donors (Lipinski definition) is 2. The van der Waals surface area contributed by atoms with E-state index in [-0.39, 0.29) is 12.6 Å². The Morgan fingerprint density at radius 2 is 1.86 bits per heavy atom. The molecule has 4 nitrogen and oxygen atoms in total. The molecule has 1 rings (SSSR count). The molecule has 2 atom stereocenters. The highest BCUT2D eigenvalue weighted by atomic mass is 16.5. The van der Waals surface area contributed by atoms with Crippen molar-refractivity contribution in [3.8, 4) is 5.75 Å². The molecule has 0 spiro atoms. The fourth-order valence-electron chi connectivity index (χ4n) is 2.13. The van der Waals surface area contributed by atoms with E-state index in [2.05, 4.69) is 6.92 Å². The van der Waals surface area contributed by atoms with Gasteiger partial charge in [-0.15, -0.1) is 0 Å². The van der Waals surface area contributed by atoms with Crippen LogP contribution in [0.15, 0.2) is 30.3 Å². The molecule has 1 unspecified atom stereocenters. The SMILES string of the molecule is CCCCCOc1ccc(/C=C/[C@H](O)C(CO)N(C)C)cc1. The molecule has 0 fully saturated rings. The van der Waals surface area contributed by atoms with Crippen LogP contribution in [-0.2, 0) is 0 Å². The maximum absolute atomic E-state index is 10.0. The van der Waals surface area contributed by atoms with Crippen LogP contribution < -0.4 is 4.74 Å². The summed E-state index contributed by atoms with van der Waals surface area (Å²) < 4.78 is 5.66. The summed E-state index contributed by atoms with van der Waals surface area (Å²) >= 11 is 0. The highest BCUT2D eigenvalue weighted by Crippen LogP contribution is 2.14. The molecule has 0 saturated heterocycles. The Kier molecular flexibility index (Phi) is 8.82. The molecule has 0 amide bonds. The van der Waals surface area contributed by atoms with Crippen LogP contribution in [0.5, 0.6) is 5.75 Å². The number of aliphatic hydroxyl groups excluding tert-OH is 2. The summed E-state index contributed by atoms with van der Waals surface area (Å²) in [5, 5.41) is 19.3. The van der Waals surface area contributed by atoms with Crippen molar-refractivity contribution < 1.29 is 14.9 Å². The Balaban J connectivity index is 2.51. The van der Waals surface area contributed by atoms with Crippen molar-refractivity contribution in [2.75, 3.05) is 27.3 Å². The third kappa shape index (κ3) is 6.60. The Bertz CT molecular complexity index is 428. The standard InChI is InChI=1S/C18H29NO3/c1-4-5-6-13-22-16-10-7-15(8-11-16)9-12-18(21)17(14-20)19(2)3/h7-12,17-18,20-21H,4-6,13-14H2,1-3H3/b12-9+/t17?,18-/m0/s1. The average molecular weight is 307 g/mol. The maximum Gasteiger partial charge on any atom is 0.119 e. The van der Waals surface area contributed by atoms with E-state index in [1.165, 1.54) is 12.8 Å². The minimum Gasteiger partial charge on any atom is -0.494 e. The molecular weight excluding hydrogens is 278 g/mol. The van der Waals surface area contributed by atoms with Crippen LogP contribution in [0.1, 0.15) is 31.7 Å². The minimum atomic E-state index is -0.704. The predicted molar refractivity (Wildman–Crippen MR) is 91.1 cm³/mol. The maximum atomic E-state index is 10.0. The summed E-state index contributed by atoms with van der Waals surface area (Å²) in [6, 6.07) is 7.50. The van der Waals surface area contributed by atoms with Gasteiger partial charge in [0.2, 0.25) is 0 Å². The van der Waals surface area contributed by atoms with Gasteiger partial charge in [0.05, 0.1) is 25.4 Å². The molecule has 1 aromatic carbocycles. The second-order valence-electron chi connectivity index (χ2n) is 5.69. The predicted octanol–water partition coefficient (Wildman–Crippen LogP) is 2.55. The van der Waals surface area contributed by atoms with Gasteiger partial charge in [-0.3, -0.25) is 0 Å². The van der Waals surface area contributed by atoms with Crippen molar-refractivity contribution >= 4 is 6.08 Å². The van der Waals surface area contributed by atoms with Crippen molar-refractivity contribution in [1.29, 1.82) is 0 Å². The first-order valence-electron chi connectivity index (χ1n) is 7.95. The van der Waals surface area contributed by atoms with Crippen molar-refractivity contribution in [2.24, 2.45) is 0 Å². The first-order valence-corrected chi connectivity index (χ1v) is 7.95. The zero-order chi connectivity index (χ0) is 16.4. The molecule has 0 aliphatic heterocycles. The van der Waals surface area contributed by atoms with Crippen molar-refractivity contribution in [1.82, 2.24) is 4.90 Å². The highest BCUT2D eigenvalue weighted by molar-refractivity contribution is 5.51. The number of likely N-dealkylation sites (N-methyl/N-ethyl adjacent to an activating group) is 1. The van der Waals surface area contributed by atoms with Gasteiger partial charge in [0.15, 0.2) is 0 Å². The molecule has 124 valence electrons. The second-order valence-corrected chi connectivity index (χ2v) is 5.69. The third-order valence-electron chi connectivity index (χ3n) is 3.63. The molecule has 0 aliphatic rings. The first-order chi connectivity index (χ1) is 10.6. The normalized spacial score (nSPS) is 14.5. The number of ether oxygens (including phenoxy) is 1. The highest BCUT2D eigenvalue weighted by Gasteiger charge is 2.17. The van der Waals surface area contributed by atoms with E-state index in [4.69, 9.17) is 4.74 Å². The summed E-state index contributed by atoms with van der Waals surface area (Å²) in [7, 11) is 3.67. The topological polar surface area (TPSA) is 52.9 Å². The van der Waals surface area contributed by atoms with Gasteiger partial charge in [0, 0.05) is 0 Å². The Morgan fingerprint density at radius 1 is 1.18 bits per heavy atom. The average Bonchev–Trinajstić information content (AvgIpc) is 2.51. The number of aliphatic hydroxyl groups is 2. The Hall–Kier alpha value is -1.36. The van der Waals surface area contributed by atoms with Crippen molar-refractivity contribution in [3.63, 3.8) is 0 Å². The van der Waals surface area contributed by atoms with E-state index in [0.717, 1.165) is 24.3 Å². The summed E-state index contributed by atoms with van der Waals surface area (Å²) in [5.41, 5.74) is 0.996. The van der Waals surface area contributed by atoms with E-state index in [1.807, 2.05) is 49.3 Å². The van der Waals surface area contributed by atoms with Gasteiger partial charge in [0.25, 0.3) is 0 Å². The van der Waals surface area contributed by atoms with E-state index in [9.17, 15) is 10.2 Å². The second kappa shape index (κ2) is 10.4. The number of rotatable bonds is 10. The van der Waals surface area contributed by atoms with Crippen LogP contribution in [0.2, 0.25) is 0 Å². The number of benzene rings is 1. The zero-order valence-electron chi connectivity index (χ0n) is 13.9. The lowest BCUT2D eigenvalue weighted by Gasteiger charge is -2.25. The van der Waals surface area contributed by atoms with Crippen LogP contribution in [0, 0.1) is 0 Å². The monoisotopic (exact) mass is 307 g/mol. The van der Waals surface area contributed by atoms with Crippen LogP contribution in [0.3, 0.4) is 0 Å². The summed E-state index contributed by atoms with van der Waals surface area (Å²) in [5.74, 6) is 0.871. The van der Waals surface area contributed by atoms with Crippen LogP contribution in [-0.4, -0.2) is 54.6 Å². The summed E-state index contributed by atoms with van der Waals surface area (Å²) in [6.45, 7) is 2.85. The number of nitrogens with zero attached hydrogens (tertiary/aromatic N) is 1. The van der Waals surface area contributed by atoms with Crippen molar-refractivity contribution in [2.45, 2.75) is 38.3 Å². The van der Waals surface area contributed by atoms with Gasteiger partial charge < -0.3 is 19.8 Å². The zero-order valence-corrected chi connectivity index (χ0v) is 13.9. The quantitative estimate of drug-likeness (QED) is 0.652. The fourth-order valence-corrected chi connectivity index (χ4v) is 2.13. The lowest BCUT2D eigenvalue weighted by Crippen LogP contribution is -2.40. The van der Waals surface area contributed by atoms with Crippen molar-refractivity contribution in [3.05, 3.63) is 35.9 Å². The molecule has 0 radical (unpaired) electrons. The lowest BCUT2D eigenvalue weighted by atomic mass is 10.1. The van der Waals surface area contributed by atoms with Crippen LogP contribution in [0.25, 0.3) is 6.08 Å². The van der Waals surface area contributed by atoms with Crippen LogP contribution in [0.4, 0.5) is 0 Å². The van der Waals surface area contributed by atoms with E-state index in [0.29, 0.717) is 0 Å². The number of hydrogen-bond acceptors (Lipinski definition) is 4. The Morgan fingerprint density at radius 3 is 2.41 bits per heavy atom. The largest absolute Gasteiger partial charge is 0.494 e. The third-order valence-corrected chi connectivity index (χ3v) is 3.63. The smallest absolute Gasteiger partial charge is 0.119 e. The molecule has 22 heavy (non-hydrogen) atoms. The molecule has 4 heteroatoms. The molecule has 0 aliphatic carbocycles. The van der Waals surface area contributed by atoms with Gasteiger partial charge in [-0.25, -0.2) is 0 Å². The van der Waals surface area contributed by atoms with E-state index >= 15 is 0 Å². The van der Waals surface area contributed by atoms with E-state index < -0.39 is 6.10 Å². The fraction of sp³-hybridized carbons (Fsp3) is 0.556. The summed E-state index contributed by atoms with van der Waals surface area (Å²) in [4.78, 5) is 1.81. The molecule has 0 heterocycles. The van der Waals surface area contributed by atoms with Gasteiger partial charge in [-0.05, 0) is 38.2 Å². The molecule has 0 bridgehead atoms. The molecule has 2 N–H and O–H groups in total. The van der Waals surface area contributed by atoms with Crippen LogP contribution >= 0.6 is 0 Å². The molecule has 0 aromatic heterocycles. The minimum absolute atomic E-state index is 0.0803. The first kappa shape index (κ1) is 18.7. The van der Waals surface area contributed by atoms with Gasteiger partial charge in [-0.2, -0.15) is 0 Å². The Labute approximate surface area is 134 Å². The summed E-state index contributed by atoms with van der Waals surface area (Å²) in [6.07, 6.45) is 6.32. The lowest BCUT2D eigenvalue weighted by molar-refractivity contribution is 0.0678. The molecule has 0 saturated carbocycles. The van der Waals surface area contributed by atoms with Gasteiger partial charge in [0.1, 0.15) is 5.75 Å². The van der Waals surface area contributed by atoms with Gasteiger partial charge >= 0.3 is 0 Å². The van der Waals surface area contributed by atoms with E-state index in [1.54, 1.807) is 6.08 Å². The van der Waals surface area contributed by atoms with Gasteiger partial charge in [-0.1, -0.05) is 44.1 Å². The number of unbranched alkanes of at least 4 members (excludes halogenated alkanes) is 2. The molecular formula is C18H29NO3. The molecule has 1 aromatic rings.